The molecule has 2 rings (SSSR count). The molecule has 1 N–H and O–H groups in total. The van der Waals surface area contributed by atoms with E-state index >= 15 is 0 Å². The number of hydrogen-bond donors (Lipinski definition) is 1. The summed E-state index contributed by atoms with van der Waals surface area (Å²) < 4.78 is 0. The Bertz CT molecular complexity index is 680. The zero-order valence-corrected chi connectivity index (χ0v) is 16.6. The normalized spacial score (nSPS) is 12.1. The smallest absolute Gasteiger partial charge is 0.174 e. The summed E-state index contributed by atoms with van der Waals surface area (Å²) >= 11 is 5.77. The van der Waals surface area contributed by atoms with E-state index in [9.17, 15) is 0 Å². The van der Waals surface area contributed by atoms with Gasteiger partial charge in [0.2, 0.25) is 0 Å². The van der Waals surface area contributed by atoms with Gasteiger partial charge < -0.3 is 15.1 Å². The Morgan fingerprint density at radius 1 is 1.08 bits per heavy atom. The molecular formula is C20H28N4S. The molecule has 0 saturated carbocycles. The molecule has 25 heavy (non-hydrogen) atoms. The summed E-state index contributed by atoms with van der Waals surface area (Å²) in [5, 5.41) is 4.20. The van der Waals surface area contributed by atoms with E-state index in [-0.39, 0.29) is 6.04 Å². The fourth-order valence-corrected chi connectivity index (χ4v) is 3.10. The number of nitrogens with zero attached hydrogens (tertiary/aromatic N) is 3. The van der Waals surface area contributed by atoms with Crippen LogP contribution in [-0.4, -0.2) is 47.1 Å². The lowest BCUT2D eigenvalue weighted by molar-refractivity contribution is 0.286. The first-order valence-corrected chi connectivity index (χ1v) is 9.00. The largest absolute Gasteiger partial charge is 0.339 e. The quantitative estimate of drug-likeness (QED) is 0.790. The zero-order valence-electron chi connectivity index (χ0n) is 15.8. The number of pyridine rings is 1. The summed E-state index contributed by atoms with van der Waals surface area (Å²) in [5.74, 6) is 0. The molecule has 0 saturated heterocycles. The molecule has 134 valence electrons. The van der Waals surface area contributed by atoms with Crippen LogP contribution in [0, 0.1) is 13.8 Å². The Balaban J connectivity index is 2.23. The predicted octanol–water partition coefficient (Wildman–Crippen LogP) is 4.02. The minimum atomic E-state index is 0.102. The van der Waals surface area contributed by atoms with Gasteiger partial charge in [0.05, 0.1) is 11.7 Å². The highest BCUT2D eigenvalue weighted by atomic mass is 32.1. The van der Waals surface area contributed by atoms with Gasteiger partial charge in [-0.15, -0.1) is 0 Å². The van der Waals surface area contributed by atoms with Crippen molar-refractivity contribution in [3.8, 4) is 0 Å². The van der Waals surface area contributed by atoms with Gasteiger partial charge in [-0.3, -0.25) is 4.98 Å². The molecule has 0 aliphatic rings. The molecule has 1 atom stereocenters. The van der Waals surface area contributed by atoms with Gasteiger partial charge in [0.25, 0.3) is 0 Å². The Kier molecular flexibility index (Phi) is 6.91. The van der Waals surface area contributed by atoms with Crippen molar-refractivity contribution in [3.05, 3.63) is 59.4 Å². The van der Waals surface area contributed by atoms with Gasteiger partial charge in [-0.2, -0.15) is 0 Å². The molecule has 0 bridgehead atoms. The van der Waals surface area contributed by atoms with Crippen LogP contribution >= 0.6 is 12.2 Å². The molecule has 0 spiro atoms. The summed E-state index contributed by atoms with van der Waals surface area (Å²) in [4.78, 5) is 8.89. The van der Waals surface area contributed by atoms with E-state index in [4.69, 9.17) is 12.2 Å². The van der Waals surface area contributed by atoms with Crippen LogP contribution < -0.4 is 5.32 Å². The van der Waals surface area contributed by atoms with Gasteiger partial charge in [-0.05, 0) is 70.3 Å². The molecule has 1 aromatic heterocycles. The van der Waals surface area contributed by atoms with E-state index in [2.05, 4.69) is 79.2 Å². The van der Waals surface area contributed by atoms with Crippen LogP contribution in [0.1, 0.15) is 29.8 Å². The monoisotopic (exact) mass is 356 g/mol. The van der Waals surface area contributed by atoms with Crippen molar-refractivity contribution in [1.29, 1.82) is 0 Å². The second kappa shape index (κ2) is 8.92. The minimum Gasteiger partial charge on any atom is -0.339 e. The first kappa shape index (κ1) is 19.3. The minimum absolute atomic E-state index is 0.102. The van der Waals surface area contributed by atoms with Crippen LogP contribution in [0.4, 0.5) is 5.69 Å². The van der Waals surface area contributed by atoms with E-state index in [0.717, 1.165) is 29.6 Å². The van der Waals surface area contributed by atoms with E-state index in [1.807, 2.05) is 18.3 Å². The lowest BCUT2D eigenvalue weighted by Gasteiger charge is -2.33. The highest BCUT2D eigenvalue weighted by Crippen LogP contribution is 2.23. The molecule has 0 aliphatic heterocycles. The molecule has 5 heteroatoms. The number of para-hydroxylation sites is 1. The molecule has 0 fully saturated rings. The molecule has 0 unspecified atom stereocenters. The van der Waals surface area contributed by atoms with E-state index in [0.29, 0.717) is 0 Å². The number of aromatic nitrogens is 1. The van der Waals surface area contributed by atoms with E-state index in [1.54, 1.807) is 0 Å². The highest BCUT2D eigenvalue weighted by Gasteiger charge is 2.20. The van der Waals surface area contributed by atoms with Gasteiger partial charge in [0, 0.05) is 25.0 Å². The number of aryl methyl sites for hydroxylation is 2. The summed E-state index contributed by atoms with van der Waals surface area (Å²) in [7, 11) is 4.15. The number of nitrogens with one attached hydrogen (secondary N) is 1. The van der Waals surface area contributed by atoms with Crippen molar-refractivity contribution in [1.82, 2.24) is 14.8 Å². The van der Waals surface area contributed by atoms with Crippen LogP contribution in [0.5, 0.6) is 0 Å². The van der Waals surface area contributed by atoms with Crippen molar-refractivity contribution < 1.29 is 0 Å². The highest BCUT2D eigenvalue weighted by molar-refractivity contribution is 7.80. The number of rotatable bonds is 6. The fourth-order valence-electron chi connectivity index (χ4n) is 2.75. The van der Waals surface area contributed by atoms with Crippen molar-refractivity contribution in [2.24, 2.45) is 0 Å². The van der Waals surface area contributed by atoms with Crippen LogP contribution in [0.2, 0.25) is 0 Å². The number of anilines is 1. The molecular weight excluding hydrogens is 328 g/mol. The Labute approximate surface area is 156 Å². The molecule has 4 nitrogen and oxygen atoms in total. The predicted molar refractivity (Wildman–Crippen MR) is 110 cm³/mol. The average Bonchev–Trinajstić information content (AvgIpc) is 2.59. The molecule has 0 radical (unpaired) electrons. The molecule has 2 aromatic rings. The second-order valence-corrected chi connectivity index (χ2v) is 7.01. The lowest BCUT2D eigenvalue weighted by Crippen LogP contribution is -2.41. The fraction of sp³-hybridized carbons (Fsp3) is 0.400. The second-order valence-electron chi connectivity index (χ2n) is 6.62. The van der Waals surface area contributed by atoms with Crippen molar-refractivity contribution in [2.45, 2.75) is 26.8 Å². The van der Waals surface area contributed by atoms with Crippen molar-refractivity contribution in [2.75, 3.05) is 32.5 Å². The number of hydrogen-bond acceptors (Lipinski definition) is 3. The third-order valence-electron chi connectivity index (χ3n) is 4.35. The first-order chi connectivity index (χ1) is 11.9. The summed E-state index contributed by atoms with van der Waals surface area (Å²) in [5.41, 5.74) is 4.50. The molecule has 1 heterocycles. The summed E-state index contributed by atoms with van der Waals surface area (Å²) in [6.45, 7) is 8.11. The maximum Gasteiger partial charge on any atom is 0.174 e. The Morgan fingerprint density at radius 2 is 1.76 bits per heavy atom. The van der Waals surface area contributed by atoms with E-state index in [1.165, 1.54) is 11.1 Å². The van der Waals surface area contributed by atoms with Gasteiger partial charge >= 0.3 is 0 Å². The average molecular weight is 357 g/mol. The van der Waals surface area contributed by atoms with Crippen LogP contribution in [0.25, 0.3) is 0 Å². The van der Waals surface area contributed by atoms with Crippen LogP contribution in [-0.2, 0) is 0 Å². The number of likely N-dealkylation sites (N-methyl/N-ethyl adjacent to an activating group) is 1. The van der Waals surface area contributed by atoms with Gasteiger partial charge in [-0.1, -0.05) is 24.3 Å². The van der Waals surface area contributed by atoms with Crippen LogP contribution in [0.3, 0.4) is 0 Å². The maximum atomic E-state index is 5.77. The molecule has 1 aromatic carbocycles. The van der Waals surface area contributed by atoms with Gasteiger partial charge in [0.15, 0.2) is 5.11 Å². The first-order valence-electron chi connectivity index (χ1n) is 8.59. The number of benzene rings is 1. The van der Waals surface area contributed by atoms with Gasteiger partial charge in [-0.25, -0.2) is 0 Å². The zero-order chi connectivity index (χ0) is 18.4. The Hall–Kier alpha value is -1.98. The maximum absolute atomic E-state index is 5.77. The topological polar surface area (TPSA) is 31.4 Å². The SMILES string of the molecule is Cc1cccc(C)c1NC(=S)N(CCN(C)C)[C@H](C)c1ccccn1. The summed E-state index contributed by atoms with van der Waals surface area (Å²) in [6.07, 6.45) is 1.83. The summed E-state index contributed by atoms with van der Waals surface area (Å²) in [6, 6.07) is 12.4. The van der Waals surface area contributed by atoms with E-state index < -0.39 is 0 Å². The lowest BCUT2D eigenvalue weighted by atomic mass is 10.1. The van der Waals surface area contributed by atoms with Crippen LogP contribution in [0.15, 0.2) is 42.6 Å². The van der Waals surface area contributed by atoms with Gasteiger partial charge in [0.1, 0.15) is 0 Å². The molecule has 0 aliphatic carbocycles. The van der Waals surface area contributed by atoms with Crippen molar-refractivity contribution in [3.63, 3.8) is 0 Å². The Morgan fingerprint density at radius 3 is 2.32 bits per heavy atom. The number of thiocarbonyl (C=S) groups is 1. The molecule has 0 amide bonds. The third kappa shape index (κ3) is 5.25. The standard InChI is InChI=1S/C20H28N4S/c1-15-9-8-10-16(2)19(15)22-20(25)24(14-13-23(4)5)17(3)18-11-6-7-12-21-18/h6-12,17H,13-14H2,1-5H3,(H,22,25)/t17-/m1/s1. The third-order valence-corrected chi connectivity index (χ3v) is 4.68. The van der Waals surface area contributed by atoms with Crippen molar-refractivity contribution >= 4 is 23.0 Å².